The normalized spacial score (nSPS) is 11.7. The minimum atomic E-state index is -1.16. The van der Waals surface area contributed by atoms with Crippen molar-refractivity contribution < 1.29 is 34.2 Å². The number of aliphatic carboxylic acids is 2. The third-order valence-electron chi connectivity index (χ3n) is 2.49. The predicted octanol–water partition coefficient (Wildman–Crippen LogP) is 0.904. The maximum atomic E-state index is 11.1. The number of hydroxylamine groups is 1. The molecule has 9 heteroatoms. The molecule has 0 unspecified atom stereocenters. The highest BCUT2D eigenvalue weighted by Crippen LogP contribution is 2.18. The first-order valence-electron chi connectivity index (χ1n) is 6.56. The summed E-state index contributed by atoms with van der Waals surface area (Å²) in [6.07, 6.45) is 0. The standard InChI is InChI=1S/C14H17NO7S/c1-9(16)22-12-5-3-2-4-10(12)6-21-15-11(14(19)20)7-23-8-13(17)18/h2-5,11,15H,6-8H2,1H3,(H,17,18)(H,19,20)/t11-/m0/s1. The van der Waals surface area contributed by atoms with Crippen LogP contribution in [0.2, 0.25) is 0 Å². The molecule has 0 aliphatic heterocycles. The van der Waals surface area contributed by atoms with Crippen LogP contribution in [0.4, 0.5) is 0 Å². The first-order chi connectivity index (χ1) is 10.9. The first kappa shape index (κ1) is 18.9. The monoisotopic (exact) mass is 343 g/mol. The Bertz CT molecular complexity index is 564. The molecule has 1 atom stereocenters. The van der Waals surface area contributed by atoms with Crippen molar-refractivity contribution in [1.29, 1.82) is 0 Å². The third-order valence-corrected chi connectivity index (χ3v) is 3.51. The molecule has 23 heavy (non-hydrogen) atoms. The summed E-state index contributed by atoms with van der Waals surface area (Å²) in [5.74, 6) is -2.48. The van der Waals surface area contributed by atoms with E-state index in [1.54, 1.807) is 24.3 Å². The van der Waals surface area contributed by atoms with Crippen LogP contribution in [0.15, 0.2) is 24.3 Å². The van der Waals surface area contributed by atoms with Gasteiger partial charge in [0.25, 0.3) is 0 Å². The molecule has 1 aromatic rings. The number of hydrogen-bond acceptors (Lipinski definition) is 7. The molecule has 0 heterocycles. The number of benzene rings is 1. The second-order valence-electron chi connectivity index (χ2n) is 4.41. The Balaban J connectivity index is 2.51. The minimum absolute atomic E-state index is 0.0170. The van der Waals surface area contributed by atoms with Gasteiger partial charge in [-0.15, -0.1) is 11.8 Å². The molecule has 8 nitrogen and oxygen atoms in total. The highest BCUT2D eigenvalue weighted by atomic mass is 32.2. The zero-order valence-corrected chi connectivity index (χ0v) is 13.2. The van der Waals surface area contributed by atoms with E-state index >= 15 is 0 Å². The van der Waals surface area contributed by atoms with Crippen molar-refractivity contribution >= 4 is 29.7 Å². The van der Waals surface area contributed by atoms with E-state index in [4.69, 9.17) is 19.8 Å². The van der Waals surface area contributed by atoms with Gasteiger partial charge in [0.05, 0.1) is 12.4 Å². The lowest BCUT2D eigenvalue weighted by Gasteiger charge is -2.14. The Labute approximate surface area is 136 Å². The molecule has 126 valence electrons. The summed E-state index contributed by atoms with van der Waals surface area (Å²) in [5, 5.41) is 17.6. The van der Waals surface area contributed by atoms with Crippen LogP contribution in [-0.4, -0.2) is 45.7 Å². The fourth-order valence-corrected chi connectivity index (χ4v) is 2.26. The van der Waals surface area contributed by atoms with Crippen LogP contribution in [0.25, 0.3) is 0 Å². The van der Waals surface area contributed by atoms with Gasteiger partial charge in [0.2, 0.25) is 0 Å². The molecular weight excluding hydrogens is 326 g/mol. The highest BCUT2D eigenvalue weighted by Gasteiger charge is 2.18. The fraction of sp³-hybridized carbons (Fsp3) is 0.357. The van der Waals surface area contributed by atoms with Gasteiger partial charge in [-0.25, -0.2) is 0 Å². The molecule has 0 saturated heterocycles. The minimum Gasteiger partial charge on any atom is -0.481 e. The topological polar surface area (TPSA) is 122 Å². The molecular formula is C14H17NO7S. The van der Waals surface area contributed by atoms with E-state index in [1.807, 2.05) is 0 Å². The number of para-hydroxylation sites is 1. The van der Waals surface area contributed by atoms with E-state index in [9.17, 15) is 14.4 Å². The number of thioether (sulfide) groups is 1. The average Bonchev–Trinajstić information content (AvgIpc) is 2.46. The number of hydrogen-bond donors (Lipinski definition) is 3. The number of carbonyl (C=O) groups is 3. The van der Waals surface area contributed by atoms with E-state index in [1.165, 1.54) is 6.92 Å². The van der Waals surface area contributed by atoms with Gasteiger partial charge >= 0.3 is 17.9 Å². The summed E-state index contributed by atoms with van der Waals surface area (Å²) in [7, 11) is 0. The summed E-state index contributed by atoms with van der Waals surface area (Å²) in [5.41, 5.74) is 2.94. The molecule has 1 aromatic carbocycles. The molecule has 1 rings (SSSR count). The lowest BCUT2D eigenvalue weighted by atomic mass is 10.2. The van der Waals surface area contributed by atoms with Crippen molar-refractivity contribution in [3.63, 3.8) is 0 Å². The lowest BCUT2D eigenvalue weighted by molar-refractivity contribution is -0.143. The lowest BCUT2D eigenvalue weighted by Crippen LogP contribution is -2.39. The Morgan fingerprint density at radius 1 is 1.26 bits per heavy atom. The Morgan fingerprint density at radius 3 is 2.57 bits per heavy atom. The van der Waals surface area contributed by atoms with E-state index in [0.717, 1.165) is 11.8 Å². The summed E-state index contributed by atoms with van der Waals surface area (Å²) in [6.45, 7) is 1.26. The van der Waals surface area contributed by atoms with Crippen molar-refractivity contribution in [1.82, 2.24) is 5.48 Å². The van der Waals surface area contributed by atoms with Crippen LogP contribution in [-0.2, 0) is 25.8 Å². The smallest absolute Gasteiger partial charge is 0.323 e. The van der Waals surface area contributed by atoms with Crippen molar-refractivity contribution in [3.05, 3.63) is 29.8 Å². The fourth-order valence-electron chi connectivity index (χ4n) is 1.52. The Kier molecular flexibility index (Phi) is 8.09. The van der Waals surface area contributed by atoms with Crippen molar-refractivity contribution in [2.75, 3.05) is 11.5 Å². The number of carboxylic acid groups (broad SMARTS) is 2. The van der Waals surface area contributed by atoms with Crippen molar-refractivity contribution in [3.8, 4) is 5.75 Å². The molecule has 0 fully saturated rings. The van der Waals surface area contributed by atoms with Gasteiger partial charge in [-0.1, -0.05) is 18.2 Å². The van der Waals surface area contributed by atoms with Crippen LogP contribution in [0.3, 0.4) is 0 Å². The Hall–Kier alpha value is -2.10. The SMILES string of the molecule is CC(=O)Oc1ccccc1CON[C@@H](CSCC(=O)O)C(=O)O. The van der Waals surface area contributed by atoms with E-state index in [0.29, 0.717) is 11.3 Å². The first-order valence-corrected chi connectivity index (χ1v) is 7.71. The van der Waals surface area contributed by atoms with Gasteiger partial charge in [0.15, 0.2) is 0 Å². The maximum Gasteiger partial charge on any atom is 0.323 e. The van der Waals surface area contributed by atoms with Gasteiger partial charge in [0.1, 0.15) is 11.8 Å². The Morgan fingerprint density at radius 2 is 1.96 bits per heavy atom. The van der Waals surface area contributed by atoms with Gasteiger partial charge < -0.3 is 14.9 Å². The van der Waals surface area contributed by atoms with Crippen LogP contribution in [0, 0.1) is 0 Å². The second kappa shape index (κ2) is 9.82. The van der Waals surface area contributed by atoms with Gasteiger partial charge in [-0.2, -0.15) is 5.48 Å². The van der Waals surface area contributed by atoms with Crippen LogP contribution < -0.4 is 10.2 Å². The molecule has 0 radical (unpaired) electrons. The number of ether oxygens (including phenoxy) is 1. The van der Waals surface area contributed by atoms with Crippen LogP contribution in [0.1, 0.15) is 12.5 Å². The molecule has 3 N–H and O–H groups in total. The molecule has 0 spiro atoms. The second-order valence-corrected chi connectivity index (χ2v) is 5.44. The van der Waals surface area contributed by atoms with Gasteiger partial charge in [0, 0.05) is 18.2 Å². The number of esters is 1. The number of rotatable bonds is 10. The summed E-state index contributed by atoms with van der Waals surface area (Å²) in [4.78, 5) is 37.6. The van der Waals surface area contributed by atoms with Gasteiger partial charge in [-0.05, 0) is 6.07 Å². The zero-order chi connectivity index (χ0) is 17.2. The molecule has 0 aliphatic rings. The molecule has 0 bridgehead atoms. The van der Waals surface area contributed by atoms with Crippen molar-refractivity contribution in [2.24, 2.45) is 0 Å². The largest absolute Gasteiger partial charge is 0.481 e. The van der Waals surface area contributed by atoms with Crippen LogP contribution in [0.5, 0.6) is 5.75 Å². The quantitative estimate of drug-likeness (QED) is 0.323. The highest BCUT2D eigenvalue weighted by molar-refractivity contribution is 8.00. The average molecular weight is 343 g/mol. The molecule has 0 aromatic heterocycles. The predicted molar refractivity (Wildman–Crippen MR) is 82.1 cm³/mol. The molecule has 0 amide bonds. The summed E-state index contributed by atoms with van der Waals surface area (Å²) in [6, 6.07) is 5.63. The molecule has 0 aliphatic carbocycles. The van der Waals surface area contributed by atoms with E-state index < -0.39 is 23.9 Å². The zero-order valence-electron chi connectivity index (χ0n) is 12.4. The third kappa shape index (κ3) is 7.63. The van der Waals surface area contributed by atoms with Crippen molar-refractivity contribution in [2.45, 2.75) is 19.6 Å². The van der Waals surface area contributed by atoms with E-state index in [-0.39, 0.29) is 18.1 Å². The maximum absolute atomic E-state index is 11.1. The number of carboxylic acids is 2. The van der Waals surface area contributed by atoms with Gasteiger partial charge in [-0.3, -0.25) is 19.2 Å². The number of nitrogens with one attached hydrogen (secondary N) is 1. The number of carbonyl (C=O) groups excluding carboxylic acids is 1. The molecule has 0 saturated carbocycles. The van der Waals surface area contributed by atoms with E-state index in [2.05, 4.69) is 5.48 Å². The summed E-state index contributed by atoms with van der Waals surface area (Å²) >= 11 is 0.963. The van der Waals surface area contributed by atoms with Crippen LogP contribution >= 0.6 is 11.8 Å². The summed E-state index contributed by atoms with van der Waals surface area (Å²) < 4.78 is 5.01.